The van der Waals surface area contributed by atoms with Gasteiger partial charge in [0.2, 0.25) is 0 Å². The second kappa shape index (κ2) is 8.37. The number of rotatable bonds is 6. The normalized spacial score (nSPS) is 10.7. The Morgan fingerprint density at radius 1 is 1.40 bits per heavy atom. The first-order chi connectivity index (χ1) is 9.56. The van der Waals surface area contributed by atoms with Crippen molar-refractivity contribution in [1.29, 1.82) is 0 Å². The molecule has 0 saturated heterocycles. The van der Waals surface area contributed by atoms with E-state index in [2.05, 4.69) is 29.7 Å². The van der Waals surface area contributed by atoms with Crippen LogP contribution < -0.4 is 20.2 Å². The lowest BCUT2D eigenvalue weighted by Crippen LogP contribution is -2.28. The van der Waals surface area contributed by atoms with E-state index in [1.165, 1.54) is 0 Å². The van der Waals surface area contributed by atoms with Crippen molar-refractivity contribution in [3.05, 3.63) is 23.8 Å². The van der Waals surface area contributed by atoms with Gasteiger partial charge in [-0.1, -0.05) is 13.8 Å². The van der Waals surface area contributed by atoms with Crippen LogP contribution in [0.3, 0.4) is 0 Å². The molecule has 0 saturated carbocycles. The topological polar surface area (TPSA) is 54.9 Å². The molecule has 1 aromatic carbocycles. The number of hydrazone groups is 1. The van der Waals surface area contributed by atoms with Crippen LogP contribution in [0.25, 0.3) is 0 Å². The van der Waals surface area contributed by atoms with Crippen molar-refractivity contribution in [2.75, 3.05) is 20.8 Å². The van der Waals surface area contributed by atoms with Gasteiger partial charge in [-0.05, 0) is 41.9 Å². The number of thiocarbonyl (C=S) groups is 1. The Labute approximate surface area is 125 Å². The molecule has 0 aliphatic rings. The molecule has 0 spiro atoms. The lowest BCUT2D eigenvalue weighted by atomic mass is 10.2. The number of hydrogen-bond acceptors (Lipinski definition) is 4. The molecule has 20 heavy (non-hydrogen) atoms. The van der Waals surface area contributed by atoms with Gasteiger partial charge in [-0.3, -0.25) is 5.43 Å². The van der Waals surface area contributed by atoms with E-state index >= 15 is 0 Å². The van der Waals surface area contributed by atoms with Gasteiger partial charge in [-0.25, -0.2) is 0 Å². The Hall–Kier alpha value is -1.82. The molecule has 5 nitrogen and oxygen atoms in total. The molecule has 110 valence electrons. The van der Waals surface area contributed by atoms with Gasteiger partial charge in [-0.15, -0.1) is 0 Å². The van der Waals surface area contributed by atoms with Gasteiger partial charge in [0.1, 0.15) is 0 Å². The highest BCUT2D eigenvalue weighted by atomic mass is 32.1. The minimum atomic E-state index is 0.463. The van der Waals surface area contributed by atoms with Crippen LogP contribution in [0.15, 0.2) is 23.3 Å². The SMILES string of the molecule is CNC(=S)N/N=C/c1ccc(OCC(C)C)c(OC)c1. The van der Waals surface area contributed by atoms with Gasteiger partial charge in [-0.2, -0.15) is 5.10 Å². The van der Waals surface area contributed by atoms with Gasteiger partial charge < -0.3 is 14.8 Å². The van der Waals surface area contributed by atoms with Crippen LogP contribution in [-0.2, 0) is 0 Å². The summed E-state index contributed by atoms with van der Waals surface area (Å²) in [5.74, 6) is 1.88. The van der Waals surface area contributed by atoms with Crippen molar-refractivity contribution >= 4 is 23.5 Å². The van der Waals surface area contributed by atoms with Crippen LogP contribution in [0.2, 0.25) is 0 Å². The lowest BCUT2D eigenvalue weighted by Gasteiger charge is -2.12. The first-order valence-electron chi connectivity index (χ1n) is 6.38. The minimum absolute atomic E-state index is 0.463. The fourth-order valence-electron chi connectivity index (χ4n) is 1.36. The fourth-order valence-corrected chi connectivity index (χ4v) is 1.41. The molecule has 6 heteroatoms. The molecule has 1 rings (SSSR count). The van der Waals surface area contributed by atoms with Gasteiger partial charge in [0.25, 0.3) is 0 Å². The third kappa shape index (κ3) is 5.44. The maximum absolute atomic E-state index is 5.69. The molecular weight excluding hydrogens is 274 g/mol. The summed E-state index contributed by atoms with van der Waals surface area (Å²) in [5, 5.41) is 7.25. The molecule has 0 radical (unpaired) electrons. The van der Waals surface area contributed by atoms with E-state index in [-0.39, 0.29) is 0 Å². The molecule has 0 heterocycles. The van der Waals surface area contributed by atoms with E-state index in [1.54, 1.807) is 20.4 Å². The summed E-state index contributed by atoms with van der Waals surface area (Å²) in [6.07, 6.45) is 1.67. The van der Waals surface area contributed by atoms with Gasteiger partial charge >= 0.3 is 0 Å². The van der Waals surface area contributed by atoms with E-state index in [4.69, 9.17) is 21.7 Å². The second-order valence-electron chi connectivity index (χ2n) is 4.56. The first kappa shape index (κ1) is 16.2. The number of benzene rings is 1. The summed E-state index contributed by atoms with van der Waals surface area (Å²) in [5.41, 5.74) is 3.58. The number of ether oxygens (including phenoxy) is 2. The Morgan fingerprint density at radius 2 is 2.15 bits per heavy atom. The molecule has 0 aliphatic carbocycles. The highest BCUT2D eigenvalue weighted by Crippen LogP contribution is 2.27. The second-order valence-corrected chi connectivity index (χ2v) is 4.97. The highest BCUT2D eigenvalue weighted by molar-refractivity contribution is 7.80. The van der Waals surface area contributed by atoms with E-state index in [0.29, 0.717) is 23.4 Å². The van der Waals surface area contributed by atoms with E-state index < -0.39 is 0 Å². The van der Waals surface area contributed by atoms with Crippen molar-refractivity contribution in [3.8, 4) is 11.5 Å². The number of methoxy groups -OCH3 is 1. The number of hydrogen-bond donors (Lipinski definition) is 2. The summed E-state index contributed by atoms with van der Waals surface area (Å²) in [7, 11) is 3.35. The fraction of sp³-hybridized carbons (Fsp3) is 0.429. The molecule has 0 unspecified atom stereocenters. The number of nitrogens with one attached hydrogen (secondary N) is 2. The van der Waals surface area contributed by atoms with E-state index in [1.807, 2.05) is 18.2 Å². The smallest absolute Gasteiger partial charge is 0.186 e. The monoisotopic (exact) mass is 295 g/mol. The summed E-state index contributed by atoms with van der Waals surface area (Å²) < 4.78 is 11.0. The predicted octanol–water partition coefficient (Wildman–Crippen LogP) is 2.16. The minimum Gasteiger partial charge on any atom is -0.493 e. The molecule has 0 atom stereocenters. The average molecular weight is 295 g/mol. The van der Waals surface area contributed by atoms with Crippen molar-refractivity contribution < 1.29 is 9.47 Å². The quantitative estimate of drug-likeness (QED) is 0.478. The lowest BCUT2D eigenvalue weighted by molar-refractivity contribution is 0.257. The summed E-state index contributed by atoms with van der Waals surface area (Å²) >= 11 is 4.92. The van der Waals surface area contributed by atoms with E-state index in [9.17, 15) is 0 Å². The third-order valence-corrected chi connectivity index (χ3v) is 2.66. The zero-order valence-electron chi connectivity index (χ0n) is 12.3. The largest absolute Gasteiger partial charge is 0.493 e. The summed E-state index contributed by atoms with van der Waals surface area (Å²) in [6, 6.07) is 5.65. The standard InChI is InChI=1S/C14H21N3O2S/c1-10(2)9-19-12-6-5-11(7-13(12)18-4)8-16-17-14(20)15-3/h5-8,10H,9H2,1-4H3,(H2,15,17,20)/b16-8+. The Kier molecular flexibility index (Phi) is 6.79. The Bertz CT molecular complexity index is 475. The molecule has 0 fully saturated rings. The van der Waals surface area contributed by atoms with Crippen LogP contribution in [0, 0.1) is 5.92 Å². The van der Waals surface area contributed by atoms with Crippen molar-refractivity contribution in [2.24, 2.45) is 11.0 Å². The predicted molar refractivity (Wildman–Crippen MR) is 85.7 cm³/mol. The van der Waals surface area contributed by atoms with Crippen LogP contribution in [-0.4, -0.2) is 32.1 Å². The summed E-state index contributed by atoms with van der Waals surface area (Å²) in [6.45, 7) is 4.86. The molecule has 0 bridgehead atoms. The van der Waals surface area contributed by atoms with Crippen LogP contribution in [0.1, 0.15) is 19.4 Å². The average Bonchev–Trinajstić information content (AvgIpc) is 2.45. The summed E-state index contributed by atoms with van der Waals surface area (Å²) in [4.78, 5) is 0. The Balaban J connectivity index is 2.73. The van der Waals surface area contributed by atoms with Crippen molar-refractivity contribution in [2.45, 2.75) is 13.8 Å². The van der Waals surface area contributed by atoms with Gasteiger partial charge in [0, 0.05) is 7.05 Å². The van der Waals surface area contributed by atoms with Crippen LogP contribution in [0.5, 0.6) is 11.5 Å². The molecular formula is C14H21N3O2S. The Morgan fingerprint density at radius 3 is 2.75 bits per heavy atom. The van der Waals surface area contributed by atoms with Gasteiger partial charge in [0.05, 0.1) is 19.9 Å². The van der Waals surface area contributed by atoms with Crippen LogP contribution >= 0.6 is 12.2 Å². The molecule has 2 N–H and O–H groups in total. The van der Waals surface area contributed by atoms with Crippen LogP contribution in [0.4, 0.5) is 0 Å². The maximum atomic E-state index is 5.69. The molecule has 1 aromatic rings. The third-order valence-electron chi connectivity index (χ3n) is 2.37. The van der Waals surface area contributed by atoms with Crippen molar-refractivity contribution in [3.63, 3.8) is 0 Å². The van der Waals surface area contributed by atoms with Crippen molar-refractivity contribution in [1.82, 2.24) is 10.7 Å². The number of nitrogens with zero attached hydrogens (tertiary/aromatic N) is 1. The molecule has 0 aliphatic heterocycles. The zero-order valence-corrected chi connectivity index (χ0v) is 13.1. The molecule has 0 amide bonds. The van der Waals surface area contributed by atoms with E-state index in [0.717, 1.165) is 11.3 Å². The first-order valence-corrected chi connectivity index (χ1v) is 6.79. The van der Waals surface area contributed by atoms with Gasteiger partial charge in [0.15, 0.2) is 16.6 Å². The molecule has 0 aromatic heterocycles. The maximum Gasteiger partial charge on any atom is 0.186 e. The highest BCUT2D eigenvalue weighted by Gasteiger charge is 2.06. The zero-order chi connectivity index (χ0) is 15.0.